The van der Waals surface area contributed by atoms with Crippen LogP contribution in [0.4, 0.5) is 0 Å². The molecule has 0 fully saturated rings. The minimum Gasteiger partial charge on any atom is -0.231 e. The maximum absolute atomic E-state index is 4.13. The predicted octanol–water partition coefficient (Wildman–Crippen LogP) is 0.387. The van der Waals surface area contributed by atoms with Crippen LogP contribution in [-0.4, -0.2) is 9.97 Å². The molecule has 0 saturated carbocycles. The summed E-state index contributed by atoms with van der Waals surface area (Å²) in [7, 11) is 1.99. The molecule has 50 valence electrons. The highest BCUT2D eigenvalue weighted by Gasteiger charge is 2.03. The third kappa shape index (κ3) is 0.603. The Morgan fingerprint density at radius 3 is 3.30 bits per heavy atom. The second kappa shape index (κ2) is 1.80. The number of nitrogens with zero attached hydrogens (tertiary/aromatic N) is 2. The molecule has 3 heteroatoms. The molecule has 0 unspecified atom stereocenters. The Kier molecular flexibility index (Phi) is 0.974. The maximum Gasteiger partial charge on any atom is 0.266 e. The smallest absolute Gasteiger partial charge is 0.231 e. The number of pyridine rings is 1. The van der Waals surface area contributed by atoms with Crippen molar-refractivity contribution in [2.45, 2.75) is 0 Å². The van der Waals surface area contributed by atoms with Crippen molar-refractivity contribution < 1.29 is 4.57 Å². The largest absolute Gasteiger partial charge is 0.266 e. The second-order valence-electron chi connectivity index (χ2n) is 2.26. The van der Waals surface area contributed by atoms with Gasteiger partial charge < -0.3 is 0 Å². The van der Waals surface area contributed by atoms with E-state index in [0.717, 1.165) is 11.2 Å². The molecule has 10 heavy (non-hydrogen) atoms. The van der Waals surface area contributed by atoms with Crippen LogP contribution in [0.25, 0.3) is 11.2 Å². The van der Waals surface area contributed by atoms with E-state index >= 15 is 0 Å². The predicted molar refractivity (Wildman–Crippen MR) is 37.3 cm³/mol. The van der Waals surface area contributed by atoms with Gasteiger partial charge in [-0.2, -0.15) is 0 Å². The minimum absolute atomic E-state index is 0.935. The number of aryl methyl sites for hydroxylation is 1. The molecule has 0 atom stereocenters. The fraction of sp³-hybridized carbons (Fsp3) is 0.143. The SMILES string of the molecule is C[n+]1c[nH]c2ncccc21. The van der Waals surface area contributed by atoms with E-state index in [0.29, 0.717) is 0 Å². The van der Waals surface area contributed by atoms with Crippen LogP contribution in [0.1, 0.15) is 0 Å². The highest BCUT2D eigenvalue weighted by atomic mass is 15.0. The molecular weight excluding hydrogens is 126 g/mol. The number of aromatic nitrogens is 3. The van der Waals surface area contributed by atoms with Crippen molar-refractivity contribution in [1.82, 2.24) is 9.97 Å². The van der Waals surface area contributed by atoms with Crippen molar-refractivity contribution in [1.29, 1.82) is 0 Å². The number of aromatic amines is 1. The molecule has 0 aliphatic rings. The summed E-state index contributed by atoms with van der Waals surface area (Å²) < 4.78 is 2.00. The normalized spacial score (nSPS) is 10.5. The van der Waals surface area contributed by atoms with Crippen LogP contribution in [0.2, 0.25) is 0 Å². The zero-order valence-electron chi connectivity index (χ0n) is 5.70. The van der Waals surface area contributed by atoms with Crippen LogP contribution in [0.3, 0.4) is 0 Å². The summed E-state index contributed by atoms with van der Waals surface area (Å²) in [6.45, 7) is 0. The molecular formula is C7H8N3+. The monoisotopic (exact) mass is 134 g/mol. The molecule has 0 amide bonds. The zero-order chi connectivity index (χ0) is 6.97. The summed E-state index contributed by atoms with van der Waals surface area (Å²) in [5.74, 6) is 0. The van der Waals surface area contributed by atoms with Crippen LogP contribution in [0.5, 0.6) is 0 Å². The van der Waals surface area contributed by atoms with Crippen molar-refractivity contribution in [3.63, 3.8) is 0 Å². The summed E-state index contributed by atoms with van der Waals surface area (Å²) in [6, 6.07) is 3.95. The van der Waals surface area contributed by atoms with E-state index in [9.17, 15) is 0 Å². The van der Waals surface area contributed by atoms with Crippen molar-refractivity contribution in [3.8, 4) is 0 Å². The Morgan fingerprint density at radius 2 is 2.50 bits per heavy atom. The lowest BCUT2D eigenvalue weighted by atomic mass is 10.4. The molecule has 1 N–H and O–H groups in total. The molecule has 2 heterocycles. The van der Waals surface area contributed by atoms with E-state index in [1.165, 1.54) is 0 Å². The van der Waals surface area contributed by atoms with Gasteiger partial charge in [-0.05, 0) is 12.1 Å². The lowest BCUT2D eigenvalue weighted by Gasteiger charge is -1.81. The molecule has 3 nitrogen and oxygen atoms in total. The second-order valence-corrected chi connectivity index (χ2v) is 2.26. The molecule has 2 rings (SSSR count). The van der Waals surface area contributed by atoms with Gasteiger partial charge in [0, 0.05) is 6.20 Å². The van der Waals surface area contributed by atoms with Gasteiger partial charge in [-0.3, -0.25) is 0 Å². The lowest BCUT2D eigenvalue weighted by molar-refractivity contribution is -0.644. The quantitative estimate of drug-likeness (QED) is 0.519. The summed E-state index contributed by atoms with van der Waals surface area (Å²) in [4.78, 5) is 7.17. The van der Waals surface area contributed by atoms with Crippen LogP contribution in [0.15, 0.2) is 24.7 Å². The first-order chi connectivity index (χ1) is 4.88. The molecule has 0 spiro atoms. The third-order valence-corrected chi connectivity index (χ3v) is 1.56. The maximum atomic E-state index is 4.13. The van der Waals surface area contributed by atoms with E-state index in [2.05, 4.69) is 9.97 Å². The average Bonchev–Trinajstić information content (AvgIpc) is 2.34. The first-order valence-corrected chi connectivity index (χ1v) is 3.15. The topological polar surface area (TPSA) is 32.6 Å². The third-order valence-electron chi connectivity index (χ3n) is 1.56. The number of nitrogens with one attached hydrogen (secondary N) is 1. The molecule has 0 aliphatic heterocycles. The minimum atomic E-state index is 0.935. The average molecular weight is 134 g/mol. The van der Waals surface area contributed by atoms with Gasteiger partial charge in [0.2, 0.25) is 6.33 Å². The van der Waals surface area contributed by atoms with E-state index in [1.54, 1.807) is 6.20 Å². The van der Waals surface area contributed by atoms with Crippen molar-refractivity contribution in [2.24, 2.45) is 7.05 Å². The van der Waals surface area contributed by atoms with Crippen LogP contribution < -0.4 is 4.57 Å². The molecule has 2 aromatic rings. The molecule has 2 aromatic heterocycles. The Labute approximate surface area is 58.3 Å². The van der Waals surface area contributed by atoms with E-state index < -0.39 is 0 Å². The van der Waals surface area contributed by atoms with Gasteiger partial charge in [0.05, 0.1) is 7.05 Å². The van der Waals surface area contributed by atoms with Gasteiger partial charge in [-0.1, -0.05) is 0 Å². The fourth-order valence-corrected chi connectivity index (χ4v) is 1.02. The number of rotatable bonds is 0. The first kappa shape index (κ1) is 5.41. The zero-order valence-corrected chi connectivity index (χ0v) is 5.70. The first-order valence-electron chi connectivity index (χ1n) is 3.15. The van der Waals surface area contributed by atoms with E-state index in [4.69, 9.17) is 0 Å². The lowest BCUT2D eigenvalue weighted by Crippen LogP contribution is -2.24. The van der Waals surface area contributed by atoms with Gasteiger partial charge in [0.15, 0.2) is 5.52 Å². The van der Waals surface area contributed by atoms with Gasteiger partial charge in [-0.25, -0.2) is 14.5 Å². The van der Waals surface area contributed by atoms with Crippen LogP contribution >= 0.6 is 0 Å². The standard InChI is InChI=1S/C7H7N3/c1-10-5-9-7-6(10)3-2-4-8-7/h2-5H,1H3/p+1. The summed E-state index contributed by atoms with van der Waals surface area (Å²) in [5.41, 5.74) is 2.06. The number of H-pyrrole nitrogens is 1. The fourth-order valence-electron chi connectivity index (χ4n) is 1.02. The van der Waals surface area contributed by atoms with Crippen LogP contribution in [0, 0.1) is 0 Å². The molecule has 0 aliphatic carbocycles. The van der Waals surface area contributed by atoms with Gasteiger partial charge in [-0.15, -0.1) is 0 Å². The van der Waals surface area contributed by atoms with Gasteiger partial charge in [0.25, 0.3) is 5.65 Å². The number of hydrogen-bond donors (Lipinski definition) is 1. The molecule has 0 bridgehead atoms. The van der Waals surface area contributed by atoms with Gasteiger partial charge in [0.1, 0.15) is 0 Å². The Morgan fingerprint density at radius 1 is 1.60 bits per heavy atom. The Bertz CT molecular complexity index is 350. The van der Waals surface area contributed by atoms with Crippen molar-refractivity contribution >= 4 is 11.2 Å². The molecule has 0 aromatic carbocycles. The van der Waals surface area contributed by atoms with E-state index in [1.807, 2.05) is 30.1 Å². The molecule has 0 radical (unpaired) electrons. The molecule has 0 saturated heterocycles. The number of hydrogen-bond acceptors (Lipinski definition) is 1. The summed E-state index contributed by atoms with van der Waals surface area (Å²) in [6.07, 6.45) is 3.66. The number of fused-ring (bicyclic) bond motifs is 1. The van der Waals surface area contributed by atoms with E-state index in [-0.39, 0.29) is 0 Å². The van der Waals surface area contributed by atoms with Crippen LogP contribution in [-0.2, 0) is 7.05 Å². The van der Waals surface area contributed by atoms with Crippen molar-refractivity contribution in [2.75, 3.05) is 0 Å². The Balaban J connectivity index is 2.93. The summed E-state index contributed by atoms with van der Waals surface area (Å²) >= 11 is 0. The summed E-state index contributed by atoms with van der Waals surface area (Å²) in [5, 5.41) is 0. The number of imidazole rings is 1. The Hall–Kier alpha value is -1.38. The van der Waals surface area contributed by atoms with Crippen molar-refractivity contribution in [3.05, 3.63) is 24.7 Å². The highest BCUT2D eigenvalue weighted by molar-refractivity contribution is 5.64. The van der Waals surface area contributed by atoms with Gasteiger partial charge >= 0.3 is 0 Å². The highest BCUT2D eigenvalue weighted by Crippen LogP contribution is 1.99.